The second kappa shape index (κ2) is 8.81. The first-order chi connectivity index (χ1) is 15.8. The van der Waals surface area contributed by atoms with E-state index < -0.39 is 0 Å². The Morgan fingerprint density at radius 2 is 1.84 bits per heavy atom. The lowest BCUT2D eigenvalue weighted by Gasteiger charge is -2.10. The molecule has 0 atom stereocenters. The van der Waals surface area contributed by atoms with E-state index in [-0.39, 0.29) is 5.78 Å². The smallest absolute Gasteiger partial charge is 0.163 e. The van der Waals surface area contributed by atoms with Crippen LogP contribution in [0.1, 0.15) is 22.3 Å². The van der Waals surface area contributed by atoms with Gasteiger partial charge in [-0.25, -0.2) is 0 Å². The van der Waals surface area contributed by atoms with E-state index in [1.807, 2.05) is 60.8 Å². The number of hydrogen-bond donors (Lipinski definition) is 1. The number of Topliss-reactive ketones (excluding diaryl/α,β-unsaturated/α-hetero) is 1. The number of ketones is 1. The number of rotatable bonds is 7. The molecule has 0 radical (unpaired) electrons. The van der Waals surface area contributed by atoms with Crippen molar-refractivity contribution >= 4 is 16.7 Å². The molecule has 5 rings (SSSR count). The predicted molar refractivity (Wildman–Crippen MR) is 123 cm³/mol. The zero-order chi connectivity index (χ0) is 21.8. The fourth-order valence-electron chi connectivity index (χ4n) is 3.61. The summed E-state index contributed by atoms with van der Waals surface area (Å²) in [5.41, 5.74) is 4.58. The molecule has 0 spiro atoms. The van der Waals surface area contributed by atoms with Gasteiger partial charge in [0.15, 0.2) is 5.78 Å². The lowest BCUT2D eigenvalue weighted by Crippen LogP contribution is -2.01. The number of H-pyrrole nitrogens is 1. The van der Waals surface area contributed by atoms with Crippen molar-refractivity contribution in [1.29, 1.82) is 0 Å². The first-order valence-electron chi connectivity index (χ1n) is 10.3. The van der Waals surface area contributed by atoms with Crippen LogP contribution in [0.15, 0.2) is 91.6 Å². The molecule has 0 amide bonds. The molecular weight excluding hydrogens is 400 g/mol. The van der Waals surface area contributed by atoms with Gasteiger partial charge in [-0.1, -0.05) is 18.2 Å². The molecule has 156 valence electrons. The summed E-state index contributed by atoms with van der Waals surface area (Å²) < 4.78 is 6.16. The number of ether oxygens (including phenoxy) is 1. The highest BCUT2D eigenvalue weighted by Crippen LogP contribution is 2.31. The van der Waals surface area contributed by atoms with E-state index >= 15 is 0 Å². The van der Waals surface area contributed by atoms with Crippen LogP contribution in [-0.2, 0) is 6.42 Å². The van der Waals surface area contributed by atoms with Gasteiger partial charge in [-0.3, -0.25) is 19.9 Å². The summed E-state index contributed by atoms with van der Waals surface area (Å²) in [7, 11) is 0. The summed E-state index contributed by atoms with van der Waals surface area (Å²) in [5.74, 6) is 1.39. The maximum atomic E-state index is 12.7. The fraction of sp³-hybridized carbons (Fsp3) is 0.0769. The van der Waals surface area contributed by atoms with Crippen molar-refractivity contribution in [2.75, 3.05) is 0 Å². The molecule has 0 saturated heterocycles. The van der Waals surface area contributed by atoms with E-state index in [0.717, 1.165) is 27.6 Å². The lowest BCUT2D eigenvalue weighted by atomic mass is 10.0. The number of benzene rings is 2. The fourth-order valence-corrected chi connectivity index (χ4v) is 3.61. The molecule has 0 saturated carbocycles. The molecule has 1 N–H and O–H groups in total. The van der Waals surface area contributed by atoms with Crippen molar-refractivity contribution in [1.82, 2.24) is 20.2 Å². The van der Waals surface area contributed by atoms with Gasteiger partial charge in [-0.15, -0.1) is 0 Å². The molecule has 2 aromatic carbocycles. The largest absolute Gasteiger partial charge is 0.457 e. The van der Waals surface area contributed by atoms with Crippen LogP contribution in [0.3, 0.4) is 0 Å². The minimum Gasteiger partial charge on any atom is -0.457 e. The Hall–Kier alpha value is -4.32. The van der Waals surface area contributed by atoms with Crippen LogP contribution in [0.25, 0.3) is 22.0 Å². The molecular formula is C26H20N4O2. The van der Waals surface area contributed by atoms with Gasteiger partial charge in [0.2, 0.25) is 0 Å². The molecule has 5 aromatic rings. The van der Waals surface area contributed by atoms with E-state index in [2.05, 4.69) is 20.2 Å². The van der Waals surface area contributed by atoms with Crippen molar-refractivity contribution < 1.29 is 9.53 Å². The van der Waals surface area contributed by atoms with Gasteiger partial charge < -0.3 is 4.74 Å². The Labute approximate surface area is 184 Å². The van der Waals surface area contributed by atoms with Crippen LogP contribution < -0.4 is 4.74 Å². The number of fused-ring (bicyclic) bond motifs is 1. The van der Waals surface area contributed by atoms with E-state index in [1.54, 1.807) is 30.9 Å². The number of pyridine rings is 2. The highest BCUT2D eigenvalue weighted by atomic mass is 16.5. The monoisotopic (exact) mass is 420 g/mol. The number of aromatic amines is 1. The Bertz CT molecular complexity index is 1370. The first-order valence-corrected chi connectivity index (χ1v) is 10.3. The zero-order valence-corrected chi connectivity index (χ0v) is 17.2. The highest BCUT2D eigenvalue weighted by molar-refractivity contribution is 5.96. The Kier molecular flexibility index (Phi) is 5.41. The van der Waals surface area contributed by atoms with E-state index in [4.69, 9.17) is 4.74 Å². The Balaban J connectivity index is 1.35. The molecule has 0 aliphatic carbocycles. The van der Waals surface area contributed by atoms with Crippen molar-refractivity contribution in [2.24, 2.45) is 0 Å². The quantitative estimate of drug-likeness (QED) is 0.345. The molecule has 3 aromatic heterocycles. The zero-order valence-electron chi connectivity index (χ0n) is 17.2. The second-order valence-electron chi connectivity index (χ2n) is 7.44. The van der Waals surface area contributed by atoms with Gasteiger partial charge in [0.1, 0.15) is 11.5 Å². The minimum atomic E-state index is 0.0802. The number of nitrogens with zero attached hydrogens (tertiary/aromatic N) is 3. The summed E-state index contributed by atoms with van der Waals surface area (Å²) in [6.45, 7) is 0. The maximum absolute atomic E-state index is 12.7. The normalized spacial score (nSPS) is 10.9. The van der Waals surface area contributed by atoms with Crippen LogP contribution >= 0.6 is 0 Å². The van der Waals surface area contributed by atoms with Gasteiger partial charge in [-0.2, -0.15) is 5.10 Å². The second-order valence-corrected chi connectivity index (χ2v) is 7.44. The van der Waals surface area contributed by atoms with Gasteiger partial charge in [0.05, 0.1) is 11.7 Å². The summed E-state index contributed by atoms with van der Waals surface area (Å²) in [4.78, 5) is 21.2. The third kappa shape index (κ3) is 4.25. The van der Waals surface area contributed by atoms with Gasteiger partial charge in [0, 0.05) is 47.7 Å². The van der Waals surface area contributed by atoms with Crippen LogP contribution in [-0.4, -0.2) is 25.9 Å². The Morgan fingerprint density at radius 1 is 0.938 bits per heavy atom. The predicted octanol–water partition coefficient (Wildman–Crippen LogP) is 5.63. The molecule has 0 bridgehead atoms. The van der Waals surface area contributed by atoms with E-state index in [9.17, 15) is 4.79 Å². The average molecular weight is 420 g/mol. The summed E-state index contributed by atoms with van der Waals surface area (Å²) in [5, 5.41) is 7.73. The van der Waals surface area contributed by atoms with Crippen LogP contribution in [0.2, 0.25) is 0 Å². The topological polar surface area (TPSA) is 80.8 Å². The molecule has 0 aliphatic heterocycles. The van der Waals surface area contributed by atoms with Crippen molar-refractivity contribution in [3.63, 3.8) is 0 Å². The summed E-state index contributed by atoms with van der Waals surface area (Å²) in [6.07, 6.45) is 9.94. The maximum Gasteiger partial charge on any atom is 0.163 e. The third-order valence-electron chi connectivity index (χ3n) is 5.31. The first kappa shape index (κ1) is 19.6. The third-order valence-corrected chi connectivity index (χ3v) is 5.31. The van der Waals surface area contributed by atoms with Crippen LogP contribution in [0, 0.1) is 0 Å². The molecule has 32 heavy (non-hydrogen) atoms. The minimum absolute atomic E-state index is 0.0802. The van der Waals surface area contributed by atoms with Crippen molar-refractivity contribution in [2.45, 2.75) is 12.8 Å². The summed E-state index contributed by atoms with van der Waals surface area (Å²) >= 11 is 0. The number of nitrogens with one attached hydrogen (secondary N) is 1. The lowest BCUT2D eigenvalue weighted by molar-refractivity contribution is 0.0982. The van der Waals surface area contributed by atoms with Crippen molar-refractivity contribution in [3.05, 3.63) is 103 Å². The van der Waals surface area contributed by atoms with Crippen LogP contribution in [0.4, 0.5) is 0 Å². The van der Waals surface area contributed by atoms with Gasteiger partial charge >= 0.3 is 0 Å². The molecule has 3 heterocycles. The number of aromatic nitrogens is 4. The molecule has 6 heteroatoms. The molecule has 0 aliphatic rings. The SMILES string of the molecule is O=C(CCc1ccncc1)c1cccc(Oc2ccnc3cc(-c4cn[nH]c4)ccc23)c1. The number of carbonyl (C=O) groups is 1. The van der Waals surface area contributed by atoms with E-state index in [0.29, 0.717) is 29.9 Å². The number of carbonyl (C=O) groups excluding carboxylic acids is 1. The van der Waals surface area contributed by atoms with Gasteiger partial charge in [0.25, 0.3) is 0 Å². The molecule has 0 unspecified atom stereocenters. The average Bonchev–Trinajstić information content (AvgIpc) is 3.38. The summed E-state index contributed by atoms with van der Waals surface area (Å²) in [6, 6.07) is 19.0. The number of aryl methyl sites for hydroxylation is 1. The Morgan fingerprint density at radius 3 is 2.69 bits per heavy atom. The van der Waals surface area contributed by atoms with Crippen LogP contribution in [0.5, 0.6) is 11.5 Å². The van der Waals surface area contributed by atoms with E-state index in [1.165, 1.54) is 0 Å². The molecule has 6 nitrogen and oxygen atoms in total. The standard InChI is InChI=1S/C26H20N4O2/c31-25(7-4-18-8-11-27-12-9-18)20-2-1-3-22(14-20)32-26-10-13-28-24-15-19(5-6-23(24)26)21-16-29-30-17-21/h1-3,5-6,8-17H,4,7H2,(H,29,30). The van der Waals surface area contributed by atoms with Crippen molar-refractivity contribution in [3.8, 4) is 22.6 Å². The number of hydrogen-bond acceptors (Lipinski definition) is 5. The highest BCUT2D eigenvalue weighted by Gasteiger charge is 2.10. The molecule has 0 fully saturated rings. The van der Waals surface area contributed by atoms with Gasteiger partial charge in [-0.05, 0) is 60.0 Å².